The molecule has 0 unspecified atom stereocenters. The predicted molar refractivity (Wildman–Crippen MR) is 94.9 cm³/mol. The lowest BCUT2D eigenvalue weighted by Gasteiger charge is -2.14. The third-order valence-electron chi connectivity index (χ3n) is 4.11. The lowest BCUT2D eigenvalue weighted by atomic mass is 9.94. The molecule has 0 aliphatic heterocycles. The van der Waals surface area contributed by atoms with Crippen molar-refractivity contribution in [2.75, 3.05) is 7.11 Å². The van der Waals surface area contributed by atoms with Crippen molar-refractivity contribution >= 4 is 0 Å². The van der Waals surface area contributed by atoms with Gasteiger partial charge in [0.05, 0.1) is 7.11 Å². The van der Waals surface area contributed by atoms with Crippen molar-refractivity contribution in [2.45, 2.75) is 19.3 Å². The molecule has 0 aromatic heterocycles. The molecule has 115 valence electrons. The summed E-state index contributed by atoms with van der Waals surface area (Å²) in [5, 5.41) is 0. The Morgan fingerprint density at radius 1 is 0.783 bits per heavy atom. The summed E-state index contributed by atoms with van der Waals surface area (Å²) in [6, 6.07) is 28.5. The maximum Gasteiger partial charge on any atom is 0.130 e. The van der Waals surface area contributed by atoms with Crippen molar-refractivity contribution < 1.29 is 4.74 Å². The van der Waals surface area contributed by atoms with Gasteiger partial charge in [-0.15, -0.1) is 0 Å². The Bertz CT molecular complexity index is 732. The third kappa shape index (κ3) is 4.01. The molecule has 0 N–H and O–H groups in total. The van der Waals surface area contributed by atoms with Crippen LogP contribution in [0.5, 0.6) is 5.75 Å². The molecule has 0 heterocycles. The van der Waals surface area contributed by atoms with Crippen molar-refractivity contribution in [3.8, 4) is 5.75 Å². The first-order chi connectivity index (χ1) is 11.4. The van der Waals surface area contributed by atoms with Crippen LogP contribution in [0.3, 0.4) is 0 Å². The van der Waals surface area contributed by atoms with Gasteiger partial charge in [-0.05, 0) is 29.5 Å². The minimum absolute atomic E-state index is 0.861. The van der Waals surface area contributed by atoms with Crippen molar-refractivity contribution in [1.29, 1.82) is 0 Å². The maximum absolute atomic E-state index is 5.55. The molecule has 23 heavy (non-hydrogen) atoms. The van der Waals surface area contributed by atoms with Crippen LogP contribution in [0.4, 0.5) is 0 Å². The van der Waals surface area contributed by atoms with Crippen molar-refractivity contribution in [3.63, 3.8) is 0 Å². The van der Waals surface area contributed by atoms with Gasteiger partial charge in [0, 0.05) is 18.1 Å². The lowest BCUT2D eigenvalue weighted by molar-refractivity contribution is 0.409. The number of hydrogen-bond acceptors (Lipinski definition) is 1. The van der Waals surface area contributed by atoms with E-state index in [9.17, 15) is 0 Å². The zero-order chi connectivity index (χ0) is 15.9. The Morgan fingerprint density at radius 2 is 1.43 bits per heavy atom. The highest BCUT2D eigenvalue weighted by atomic mass is 16.5. The van der Waals surface area contributed by atoms with E-state index in [1.807, 2.05) is 12.1 Å². The highest BCUT2D eigenvalue weighted by Gasteiger charge is 2.10. The largest absolute Gasteiger partial charge is 0.496 e. The van der Waals surface area contributed by atoms with Gasteiger partial charge < -0.3 is 4.74 Å². The summed E-state index contributed by atoms with van der Waals surface area (Å²) in [5.74, 6) is 0.861. The molecule has 0 fully saturated rings. The molecular formula is C22H21O. The van der Waals surface area contributed by atoms with Crippen LogP contribution in [0, 0.1) is 6.07 Å². The number of benzene rings is 3. The first-order valence-corrected chi connectivity index (χ1v) is 8.01. The lowest BCUT2D eigenvalue weighted by Crippen LogP contribution is -2.01. The van der Waals surface area contributed by atoms with E-state index < -0.39 is 0 Å². The normalized spacial score (nSPS) is 10.5. The minimum atomic E-state index is 0.861. The van der Waals surface area contributed by atoms with Crippen LogP contribution >= 0.6 is 0 Å². The third-order valence-corrected chi connectivity index (χ3v) is 4.11. The Hall–Kier alpha value is -2.54. The molecule has 1 nitrogen and oxygen atoms in total. The van der Waals surface area contributed by atoms with Gasteiger partial charge in [0.15, 0.2) is 0 Å². The van der Waals surface area contributed by atoms with Crippen LogP contribution in [0.25, 0.3) is 0 Å². The van der Waals surface area contributed by atoms with E-state index in [4.69, 9.17) is 4.74 Å². The van der Waals surface area contributed by atoms with Gasteiger partial charge >= 0.3 is 0 Å². The molecule has 0 saturated heterocycles. The van der Waals surface area contributed by atoms with E-state index in [0.29, 0.717) is 0 Å². The van der Waals surface area contributed by atoms with Gasteiger partial charge in [-0.2, -0.15) is 0 Å². The van der Waals surface area contributed by atoms with Crippen LogP contribution in [0.15, 0.2) is 72.8 Å². The minimum Gasteiger partial charge on any atom is -0.496 e. The number of methoxy groups -OCH3 is 1. The summed E-state index contributed by atoms with van der Waals surface area (Å²) in [7, 11) is 1.72. The SMILES string of the molecule is COc1[c]ccc(CCc2ccccc2)c1Cc1ccccc1. The molecule has 0 bridgehead atoms. The molecule has 0 amide bonds. The van der Waals surface area contributed by atoms with Gasteiger partial charge in [-0.1, -0.05) is 72.8 Å². The van der Waals surface area contributed by atoms with E-state index in [2.05, 4.69) is 66.7 Å². The molecule has 0 aliphatic carbocycles. The Kier molecular flexibility index (Phi) is 5.10. The molecular weight excluding hydrogens is 280 g/mol. The Labute approximate surface area is 138 Å². The summed E-state index contributed by atoms with van der Waals surface area (Å²) in [4.78, 5) is 0. The summed E-state index contributed by atoms with van der Waals surface area (Å²) in [6.45, 7) is 0. The van der Waals surface area contributed by atoms with Crippen molar-refractivity contribution in [3.05, 3.63) is 101 Å². The van der Waals surface area contributed by atoms with Crippen LogP contribution in [-0.2, 0) is 19.3 Å². The first-order valence-electron chi connectivity index (χ1n) is 8.01. The van der Waals surface area contributed by atoms with Crippen molar-refractivity contribution in [1.82, 2.24) is 0 Å². The fourth-order valence-corrected chi connectivity index (χ4v) is 2.89. The van der Waals surface area contributed by atoms with Gasteiger partial charge in [-0.25, -0.2) is 0 Å². The first kappa shape index (κ1) is 15.4. The fourth-order valence-electron chi connectivity index (χ4n) is 2.89. The number of aryl methyl sites for hydroxylation is 2. The predicted octanol–water partition coefficient (Wildman–Crippen LogP) is 4.87. The molecule has 0 atom stereocenters. The summed E-state index contributed by atoms with van der Waals surface area (Å²) < 4.78 is 5.55. The Balaban J connectivity index is 1.84. The van der Waals surface area contributed by atoms with Gasteiger partial charge in [0.2, 0.25) is 0 Å². The van der Waals surface area contributed by atoms with Crippen molar-refractivity contribution in [2.24, 2.45) is 0 Å². The monoisotopic (exact) mass is 301 g/mol. The standard InChI is InChI=1S/C22H21O/c1-23-22-14-8-13-20(16-15-18-9-4-2-5-10-18)21(22)17-19-11-6-3-7-12-19/h2-13H,15-17H2,1H3. The number of rotatable bonds is 6. The van der Waals surface area contributed by atoms with Crippen LogP contribution in [0.1, 0.15) is 22.3 Å². The van der Waals surface area contributed by atoms with Gasteiger partial charge in [0.25, 0.3) is 0 Å². The second-order valence-corrected chi connectivity index (χ2v) is 5.66. The average molecular weight is 301 g/mol. The summed E-state index contributed by atoms with van der Waals surface area (Å²) in [5.41, 5.74) is 5.25. The van der Waals surface area contributed by atoms with E-state index in [0.717, 1.165) is 25.0 Å². The van der Waals surface area contributed by atoms with Crippen LogP contribution in [-0.4, -0.2) is 7.11 Å². The van der Waals surface area contributed by atoms with E-state index in [1.54, 1.807) is 7.11 Å². The molecule has 1 radical (unpaired) electrons. The maximum atomic E-state index is 5.55. The summed E-state index contributed by atoms with van der Waals surface area (Å²) in [6.07, 6.45) is 2.93. The number of ether oxygens (including phenoxy) is 1. The highest BCUT2D eigenvalue weighted by Crippen LogP contribution is 2.26. The van der Waals surface area contributed by atoms with Gasteiger partial charge in [-0.3, -0.25) is 0 Å². The molecule has 1 heteroatoms. The molecule has 3 aromatic carbocycles. The van der Waals surface area contributed by atoms with Crippen LogP contribution < -0.4 is 4.74 Å². The van der Waals surface area contributed by atoms with Gasteiger partial charge in [0.1, 0.15) is 5.75 Å². The van der Waals surface area contributed by atoms with E-state index in [1.165, 1.54) is 22.3 Å². The van der Waals surface area contributed by atoms with E-state index in [-0.39, 0.29) is 0 Å². The average Bonchev–Trinajstić information content (AvgIpc) is 2.62. The molecule has 0 saturated carbocycles. The highest BCUT2D eigenvalue weighted by molar-refractivity contribution is 5.43. The molecule has 0 aliphatic rings. The zero-order valence-electron chi connectivity index (χ0n) is 13.5. The van der Waals surface area contributed by atoms with Crippen LogP contribution in [0.2, 0.25) is 0 Å². The zero-order valence-corrected chi connectivity index (χ0v) is 13.5. The molecule has 3 rings (SSSR count). The summed E-state index contributed by atoms with van der Waals surface area (Å²) >= 11 is 0. The fraction of sp³-hybridized carbons (Fsp3) is 0.182. The quantitative estimate of drug-likeness (QED) is 0.631. The molecule has 3 aromatic rings. The smallest absolute Gasteiger partial charge is 0.130 e. The number of hydrogen-bond donors (Lipinski definition) is 0. The topological polar surface area (TPSA) is 9.23 Å². The second kappa shape index (κ2) is 7.64. The molecule has 0 spiro atoms. The van der Waals surface area contributed by atoms with E-state index >= 15 is 0 Å². The Morgan fingerprint density at radius 3 is 2.09 bits per heavy atom. The second-order valence-electron chi connectivity index (χ2n) is 5.66.